The number of nitrogens with zero attached hydrogens (tertiary/aromatic N) is 1. The molecule has 1 N–H and O–H groups in total. The Hall–Kier alpha value is -3.88. The molecule has 0 amide bonds. The average molecular weight is 511 g/mol. The van der Waals surface area contributed by atoms with Crippen molar-refractivity contribution in [3.05, 3.63) is 63.7 Å². The summed E-state index contributed by atoms with van der Waals surface area (Å²) in [6.07, 6.45) is -11.5. The molecular formula is C20H15F6NO8. The van der Waals surface area contributed by atoms with Gasteiger partial charge < -0.3 is 19.3 Å². The van der Waals surface area contributed by atoms with Crippen LogP contribution in [0.2, 0.25) is 0 Å². The highest BCUT2D eigenvalue weighted by Crippen LogP contribution is 2.50. The van der Waals surface area contributed by atoms with Gasteiger partial charge in [0.15, 0.2) is 5.56 Å². The Morgan fingerprint density at radius 2 is 1.49 bits per heavy atom. The molecule has 0 aliphatic carbocycles. The first-order chi connectivity index (χ1) is 16.1. The molecule has 2 rings (SSSR count). The number of carboxylic acids is 1. The highest BCUT2D eigenvalue weighted by atomic mass is 19.4. The maximum Gasteiger partial charge on any atom is 0.408 e. The topological polar surface area (TPSA) is 125 Å². The van der Waals surface area contributed by atoms with E-state index in [1.54, 1.807) is 0 Å². The van der Waals surface area contributed by atoms with Crippen molar-refractivity contribution in [1.29, 1.82) is 0 Å². The van der Waals surface area contributed by atoms with Crippen LogP contribution in [0.25, 0.3) is 0 Å². The molecular weight excluding hydrogens is 496 g/mol. The van der Waals surface area contributed by atoms with Crippen molar-refractivity contribution >= 4 is 17.6 Å². The van der Waals surface area contributed by atoms with Gasteiger partial charge in [0.05, 0.1) is 17.1 Å². The molecule has 0 heterocycles. The molecule has 190 valence electrons. The number of carbonyl (C=O) groups is 2. The Kier molecular flexibility index (Phi) is 7.95. The maximum absolute atomic E-state index is 13.3. The van der Waals surface area contributed by atoms with Gasteiger partial charge in [-0.1, -0.05) is 6.07 Å². The molecule has 9 nitrogen and oxygen atoms in total. The standard InChI is InChI=1S/C20H15F6NO8/c1-33-9-18(19(21,22)23,20(24,25)26)10-34-11-5-7-12(8-6-11)35-17(30)15-13(16(28)29)3-2-4-14(15)27(31)32/h2-8H,9-10H2,1H3,(H,28,29). The number of benzene rings is 2. The molecule has 2 aromatic rings. The van der Waals surface area contributed by atoms with Gasteiger partial charge in [0.2, 0.25) is 5.41 Å². The summed E-state index contributed by atoms with van der Waals surface area (Å²) in [5, 5.41) is 20.3. The van der Waals surface area contributed by atoms with Crippen molar-refractivity contribution in [1.82, 2.24) is 0 Å². The first-order valence-corrected chi connectivity index (χ1v) is 9.22. The van der Waals surface area contributed by atoms with Gasteiger partial charge in [0.25, 0.3) is 5.69 Å². The first kappa shape index (κ1) is 27.4. The number of halogens is 6. The van der Waals surface area contributed by atoms with Gasteiger partial charge in [-0.2, -0.15) is 26.3 Å². The van der Waals surface area contributed by atoms with Crippen molar-refractivity contribution < 1.29 is 60.2 Å². The minimum absolute atomic E-state index is 0.355. The van der Waals surface area contributed by atoms with Crippen LogP contribution in [0.5, 0.6) is 11.5 Å². The molecule has 0 saturated carbocycles. The molecule has 0 bridgehead atoms. The predicted molar refractivity (Wildman–Crippen MR) is 103 cm³/mol. The number of hydrogen-bond donors (Lipinski definition) is 1. The third-order valence-electron chi connectivity index (χ3n) is 4.67. The molecule has 0 fully saturated rings. The molecule has 0 radical (unpaired) electrons. The number of methoxy groups -OCH3 is 1. The molecule has 0 aromatic heterocycles. The summed E-state index contributed by atoms with van der Waals surface area (Å²) in [6.45, 7) is -3.62. The second-order valence-electron chi connectivity index (χ2n) is 6.92. The first-order valence-electron chi connectivity index (χ1n) is 9.22. The molecule has 0 spiro atoms. The van der Waals surface area contributed by atoms with Crippen LogP contribution in [0.15, 0.2) is 42.5 Å². The predicted octanol–water partition coefficient (Wildman–Crippen LogP) is 4.65. The second-order valence-corrected chi connectivity index (χ2v) is 6.92. The van der Waals surface area contributed by atoms with Crippen LogP contribution in [-0.2, 0) is 4.74 Å². The van der Waals surface area contributed by atoms with Crippen LogP contribution < -0.4 is 9.47 Å². The van der Waals surface area contributed by atoms with Crippen molar-refractivity contribution in [3.8, 4) is 11.5 Å². The quantitative estimate of drug-likeness (QED) is 0.170. The van der Waals surface area contributed by atoms with Gasteiger partial charge in [0.1, 0.15) is 18.1 Å². The van der Waals surface area contributed by atoms with Gasteiger partial charge in [-0.05, 0) is 30.3 Å². The van der Waals surface area contributed by atoms with Gasteiger partial charge in [-0.25, -0.2) is 9.59 Å². The fraction of sp³-hybridized carbons (Fsp3) is 0.300. The summed E-state index contributed by atoms with van der Waals surface area (Å²) < 4.78 is 93.4. The van der Waals surface area contributed by atoms with E-state index < -0.39 is 70.4 Å². The van der Waals surface area contributed by atoms with Gasteiger partial charge >= 0.3 is 24.3 Å². The van der Waals surface area contributed by atoms with Gasteiger partial charge in [-0.3, -0.25) is 10.1 Å². The Morgan fingerprint density at radius 1 is 0.943 bits per heavy atom. The molecule has 0 atom stereocenters. The lowest BCUT2D eigenvalue weighted by atomic mass is 9.88. The van der Waals surface area contributed by atoms with Crippen LogP contribution in [-0.4, -0.2) is 54.6 Å². The molecule has 0 aliphatic heterocycles. The monoisotopic (exact) mass is 511 g/mol. The maximum atomic E-state index is 13.3. The fourth-order valence-corrected chi connectivity index (χ4v) is 2.83. The van der Waals surface area contributed by atoms with E-state index in [2.05, 4.69) is 4.74 Å². The van der Waals surface area contributed by atoms with Crippen LogP contribution in [0.1, 0.15) is 20.7 Å². The molecule has 35 heavy (non-hydrogen) atoms. The van der Waals surface area contributed by atoms with E-state index in [1.807, 2.05) is 0 Å². The fourth-order valence-electron chi connectivity index (χ4n) is 2.83. The van der Waals surface area contributed by atoms with Crippen LogP contribution in [0.3, 0.4) is 0 Å². The summed E-state index contributed by atoms with van der Waals surface area (Å²) in [5.41, 5.74) is -6.77. The van der Waals surface area contributed by atoms with E-state index in [9.17, 15) is 51.2 Å². The minimum atomic E-state index is -5.76. The van der Waals surface area contributed by atoms with Crippen molar-refractivity contribution in [2.75, 3.05) is 20.3 Å². The molecule has 2 aromatic carbocycles. The van der Waals surface area contributed by atoms with Crippen LogP contribution in [0, 0.1) is 15.5 Å². The average Bonchev–Trinajstić information content (AvgIpc) is 2.75. The number of nitro benzene ring substituents is 1. The van der Waals surface area contributed by atoms with E-state index in [-0.39, 0.29) is 5.75 Å². The van der Waals surface area contributed by atoms with Crippen molar-refractivity contribution in [2.45, 2.75) is 12.4 Å². The lowest BCUT2D eigenvalue weighted by molar-refractivity contribution is -0.385. The number of rotatable bonds is 9. The molecule has 0 unspecified atom stereocenters. The third kappa shape index (κ3) is 5.79. The van der Waals surface area contributed by atoms with Crippen molar-refractivity contribution in [2.24, 2.45) is 5.41 Å². The highest BCUT2D eigenvalue weighted by Gasteiger charge is 2.71. The third-order valence-corrected chi connectivity index (χ3v) is 4.67. The van der Waals surface area contributed by atoms with E-state index >= 15 is 0 Å². The van der Waals surface area contributed by atoms with Crippen molar-refractivity contribution in [3.63, 3.8) is 0 Å². The Morgan fingerprint density at radius 3 is 1.94 bits per heavy atom. The SMILES string of the molecule is COCC(COc1ccc(OC(=O)c2c(C(=O)O)cccc2[N+](=O)[O-])cc1)(C(F)(F)F)C(F)(F)F. The number of ether oxygens (including phenoxy) is 3. The zero-order chi connectivity index (χ0) is 26.6. The zero-order valence-electron chi connectivity index (χ0n) is 17.5. The number of nitro groups is 1. The minimum Gasteiger partial charge on any atom is -0.492 e. The number of hydrogen-bond acceptors (Lipinski definition) is 7. The second kappa shape index (κ2) is 10.2. The normalized spacial score (nSPS) is 12.2. The number of carbonyl (C=O) groups excluding carboxylic acids is 1. The van der Waals surface area contributed by atoms with E-state index in [0.717, 1.165) is 42.5 Å². The zero-order valence-corrected chi connectivity index (χ0v) is 17.5. The van der Waals surface area contributed by atoms with Gasteiger partial charge in [-0.15, -0.1) is 0 Å². The Labute approximate surface area is 192 Å². The van der Waals surface area contributed by atoms with Crippen LogP contribution in [0.4, 0.5) is 32.0 Å². The van der Waals surface area contributed by atoms with Gasteiger partial charge in [0, 0.05) is 13.2 Å². The lowest BCUT2D eigenvalue weighted by Gasteiger charge is -2.36. The van der Waals surface area contributed by atoms with E-state index in [4.69, 9.17) is 9.47 Å². The summed E-state index contributed by atoms with van der Waals surface area (Å²) in [6, 6.07) is 6.43. The molecule has 15 heteroatoms. The summed E-state index contributed by atoms with van der Waals surface area (Å²) in [5.74, 6) is -3.91. The number of aromatic carboxylic acids is 1. The number of esters is 1. The van der Waals surface area contributed by atoms with Crippen LogP contribution >= 0.6 is 0 Å². The molecule has 0 saturated heterocycles. The number of alkyl halides is 6. The largest absolute Gasteiger partial charge is 0.492 e. The Bertz CT molecular complexity index is 1050. The summed E-state index contributed by atoms with van der Waals surface area (Å²) >= 11 is 0. The summed E-state index contributed by atoms with van der Waals surface area (Å²) in [4.78, 5) is 33.9. The highest BCUT2D eigenvalue weighted by molar-refractivity contribution is 6.06. The lowest BCUT2D eigenvalue weighted by Crippen LogP contribution is -2.56. The summed E-state index contributed by atoms with van der Waals surface area (Å²) in [7, 11) is 0.669. The Balaban J connectivity index is 2.26. The van der Waals surface area contributed by atoms with E-state index in [1.165, 1.54) is 0 Å². The molecule has 0 aliphatic rings. The smallest absolute Gasteiger partial charge is 0.408 e. The number of carboxylic acid groups (broad SMARTS) is 1. The van der Waals surface area contributed by atoms with E-state index in [0.29, 0.717) is 7.11 Å².